The predicted octanol–water partition coefficient (Wildman–Crippen LogP) is -0.158. The van der Waals surface area contributed by atoms with Crippen LogP contribution in [-0.4, -0.2) is 32.2 Å². The maximum atomic E-state index is 11.7. The molecule has 2 aromatic heterocycles. The number of rotatable bonds is 1. The summed E-state index contributed by atoms with van der Waals surface area (Å²) in [5.41, 5.74) is -0.163. The molecular weight excluding hydrogens is 236 g/mol. The summed E-state index contributed by atoms with van der Waals surface area (Å²) in [6.07, 6.45) is 0.939. The van der Waals surface area contributed by atoms with Crippen molar-refractivity contribution in [2.24, 2.45) is 7.05 Å². The molecule has 7 heteroatoms. The van der Waals surface area contributed by atoms with Gasteiger partial charge in [0.25, 0.3) is 5.56 Å². The summed E-state index contributed by atoms with van der Waals surface area (Å²) in [5.74, 6) is 0.855. The van der Waals surface area contributed by atoms with Crippen molar-refractivity contribution in [3.63, 3.8) is 0 Å². The number of nitrogens with zero attached hydrogens (tertiary/aromatic N) is 2. The maximum Gasteiger partial charge on any atom is 0.329 e. The molecule has 96 valence electrons. The average molecular weight is 250 g/mol. The number of ether oxygens (including phenoxy) is 1. The zero-order valence-corrected chi connectivity index (χ0v) is 10.2. The largest absolute Gasteiger partial charge is 0.378 e. The van der Waals surface area contributed by atoms with Gasteiger partial charge in [-0.15, -0.1) is 0 Å². The third kappa shape index (κ3) is 1.51. The first kappa shape index (κ1) is 11.2. The van der Waals surface area contributed by atoms with Gasteiger partial charge in [-0.2, -0.15) is 0 Å². The number of H-pyrrole nitrogens is 2. The van der Waals surface area contributed by atoms with Crippen LogP contribution in [0, 0.1) is 0 Å². The lowest BCUT2D eigenvalue weighted by Gasteiger charge is -2.09. The van der Waals surface area contributed by atoms with Gasteiger partial charge >= 0.3 is 5.69 Å². The van der Waals surface area contributed by atoms with E-state index in [0.29, 0.717) is 23.6 Å². The summed E-state index contributed by atoms with van der Waals surface area (Å²) < 4.78 is 6.82. The highest BCUT2D eigenvalue weighted by Crippen LogP contribution is 2.29. The van der Waals surface area contributed by atoms with Gasteiger partial charge in [-0.3, -0.25) is 14.3 Å². The van der Waals surface area contributed by atoms with Crippen LogP contribution in [0.3, 0.4) is 0 Å². The Bertz CT molecular complexity index is 711. The second-order valence-corrected chi connectivity index (χ2v) is 4.61. The van der Waals surface area contributed by atoms with Crippen LogP contribution in [0.5, 0.6) is 0 Å². The third-order valence-electron chi connectivity index (χ3n) is 3.50. The van der Waals surface area contributed by atoms with Crippen LogP contribution in [0.1, 0.15) is 25.1 Å². The minimum Gasteiger partial charge on any atom is -0.378 e. The molecule has 3 rings (SSSR count). The van der Waals surface area contributed by atoms with E-state index in [0.717, 1.165) is 6.42 Å². The van der Waals surface area contributed by atoms with E-state index in [1.807, 2.05) is 6.92 Å². The van der Waals surface area contributed by atoms with Gasteiger partial charge in [0.05, 0.1) is 6.10 Å². The van der Waals surface area contributed by atoms with E-state index in [9.17, 15) is 9.59 Å². The van der Waals surface area contributed by atoms with Crippen molar-refractivity contribution in [2.75, 3.05) is 6.61 Å². The van der Waals surface area contributed by atoms with Crippen molar-refractivity contribution in [3.8, 4) is 0 Å². The molecule has 1 aliphatic rings. The molecule has 2 unspecified atom stereocenters. The molecule has 0 spiro atoms. The Kier molecular flexibility index (Phi) is 2.37. The molecule has 0 amide bonds. The molecule has 2 atom stereocenters. The van der Waals surface area contributed by atoms with Crippen LogP contribution in [0.2, 0.25) is 0 Å². The summed E-state index contributed by atoms with van der Waals surface area (Å²) in [7, 11) is 1.58. The van der Waals surface area contributed by atoms with E-state index in [2.05, 4.69) is 15.0 Å². The van der Waals surface area contributed by atoms with Crippen molar-refractivity contribution >= 4 is 11.2 Å². The van der Waals surface area contributed by atoms with Crippen LogP contribution < -0.4 is 11.2 Å². The molecule has 1 saturated heterocycles. The predicted molar refractivity (Wildman–Crippen MR) is 64.7 cm³/mol. The van der Waals surface area contributed by atoms with E-state index >= 15 is 0 Å². The highest BCUT2D eigenvalue weighted by atomic mass is 16.5. The van der Waals surface area contributed by atoms with Gasteiger partial charge in [0.15, 0.2) is 5.65 Å². The molecule has 3 heterocycles. The lowest BCUT2D eigenvalue weighted by atomic mass is 10.0. The number of imidazole rings is 1. The summed E-state index contributed by atoms with van der Waals surface area (Å²) in [5, 5.41) is 0. The van der Waals surface area contributed by atoms with Gasteiger partial charge in [0.1, 0.15) is 11.3 Å². The minimum atomic E-state index is -0.457. The molecule has 0 aromatic carbocycles. The summed E-state index contributed by atoms with van der Waals surface area (Å²) in [6, 6.07) is 0. The zero-order chi connectivity index (χ0) is 12.9. The van der Waals surface area contributed by atoms with Crippen LogP contribution in [0.15, 0.2) is 9.59 Å². The number of fused-ring (bicyclic) bond motifs is 1. The van der Waals surface area contributed by atoms with Crippen molar-refractivity contribution in [3.05, 3.63) is 26.7 Å². The molecule has 18 heavy (non-hydrogen) atoms. The Morgan fingerprint density at radius 1 is 1.39 bits per heavy atom. The van der Waals surface area contributed by atoms with Crippen molar-refractivity contribution < 1.29 is 4.74 Å². The molecular formula is C11H14N4O3. The van der Waals surface area contributed by atoms with E-state index in [-0.39, 0.29) is 12.0 Å². The molecule has 0 bridgehead atoms. The summed E-state index contributed by atoms with van der Waals surface area (Å²) in [4.78, 5) is 32.8. The second-order valence-electron chi connectivity index (χ2n) is 4.61. The lowest BCUT2D eigenvalue weighted by Crippen LogP contribution is -2.28. The van der Waals surface area contributed by atoms with Crippen molar-refractivity contribution in [1.29, 1.82) is 0 Å². The maximum absolute atomic E-state index is 11.7. The Balaban J connectivity index is 2.22. The minimum absolute atomic E-state index is 0.0710. The monoisotopic (exact) mass is 250 g/mol. The number of aromatic nitrogens is 4. The van der Waals surface area contributed by atoms with E-state index in [1.165, 1.54) is 4.57 Å². The quantitative estimate of drug-likeness (QED) is 0.735. The molecule has 2 aromatic rings. The lowest BCUT2D eigenvalue weighted by molar-refractivity contribution is 0.117. The van der Waals surface area contributed by atoms with Gasteiger partial charge < -0.3 is 9.72 Å². The van der Waals surface area contributed by atoms with Crippen molar-refractivity contribution in [1.82, 2.24) is 19.5 Å². The zero-order valence-electron chi connectivity index (χ0n) is 10.2. The molecule has 0 aliphatic carbocycles. The van der Waals surface area contributed by atoms with Gasteiger partial charge in [0.2, 0.25) is 0 Å². The number of aromatic amines is 2. The fourth-order valence-corrected chi connectivity index (χ4v) is 2.39. The fourth-order valence-electron chi connectivity index (χ4n) is 2.39. The first-order valence-electron chi connectivity index (χ1n) is 5.88. The fraction of sp³-hybridized carbons (Fsp3) is 0.545. The normalized spacial score (nSPS) is 23.9. The first-order chi connectivity index (χ1) is 8.58. The van der Waals surface area contributed by atoms with Gasteiger partial charge in [-0.05, 0) is 13.3 Å². The Hall–Kier alpha value is -1.89. The standard InChI is InChI=1S/C11H14N4O3/c1-5-6(3-4-18-5)8-12-7-9(13-8)15(2)11(17)14-10(7)16/h5-6H,3-4H2,1-2H3,(H,12,13)(H,14,16,17). The van der Waals surface area contributed by atoms with Crippen LogP contribution in [-0.2, 0) is 11.8 Å². The topological polar surface area (TPSA) is 92.8 Å². The number of aryl methyl sites for hydroxylation is 1. The van der Waals surface area contributed by atoms with Crippen LogP contribution in [0.4, 0.5) is 0 Å². The summed E-state index contributed by atoms with van der Waals surface area (Å²) in [6.45, 7) is 2.67. The van der Waals surface area contributed by atoms with Crippen LogP contribution >= 0.6 is 0 Å². The Morgan fingerprint density at radius 3 is 2.83 bits per heavy atom. The highest BCUT2D eigenvalue weighted by Gasteiger charge is 2.29. The third-order valence-corrected chi connectivity index (χ3v) is 3.50. The SMILES string of the molecule is CC1OCCC1c1nc2c([nH]1)c(=O)[nH]c(=O)n2C. The molecule has 1 fully saturated rings. The number of nitrogens with one attached hydrogen (secondary N) is 2. The van der Waals surface area contributed by atoms with E-state index in [1.54, 1.807) is 7.05 Å². The van der Waals surface area contributed by atoms with Crippen LogP contribution in [0.25, 0.3) is 11.2 Å². The highest BCUT2D eigenvalue weighted by molar-refractivity contribution is 5.69. The molecule has 0 radical (unpaired) electrons. The summed E-state index contributed by atoms with van der Waals surface area (Å²) >= 11 is 0. The molecule has 7 nitrogen and oxygen atoms in total. The number of hydrogen-bond donors (Lipinski definition) is 2. The Morgan fingerprint density at radius 2 is 2.17 bits per heavy atom. The van der Waals surface area contributed by atoms with E-state index < -0.39 is 11.2 Å². The van der Waals surface area contributed by atoms with Crippen molar-refractivity contribution in [2.45, 2.75) is 25.4 Å². The molecule has 1 aliphatic heterocycles. The van der Waals surface area contributed by atoms with E-state index in [4.69, 9.17) is 4.74 Å². The van der Waals surface area contributed by atoms with Gasteiger partial charge in [-0.1, -0.05) is 0 Å². The second kappa shape index (κ2) is 3.81. The van der Waals surface area contributed by atoms with Gasteiger partial charge in [0, 0.05) is 19.6 Å². The Labute approximate surface area is 102 Å². The average Bonchev–Trinajstić information content (AvgIpc) is 2.92. The number of hydrogen-bond acceptors (Lipinski definition) is 4. The smallest absolute Gasteiger partial charge is 0.329 e. The molecule has 2 N–H and O–H groups in total. The van der Waals surface area contributed by atoms with Gasteiger partial charge in [-0.25, -0.2) is 9.78 Å². The first-order valence-corrected chi connectivity index (χ1v) is 5.88. The molecule has 0 saturated carbocycles.